The van der Waals surface area contributed by atoms with Crippen LogP contribution in [0.3, 0.4) is 0 Å². The highest BCUT2D eigenvalue weighted by Gasteiger charge is 2.02. The van der Waals surface area contributed by atoms with Crippen molar-refractivity contribution in [3.8, 4) is 0 Å². The minimum atomic E-state index is -0.392. The predicted molar refractivity (Wildman–Crippen MR) is 64.0 cm³/mol. The fourth-order valence-corrected chi connectivity index (χ4v) is 1.50. The summed E-state index contributed by atoms with van der Waals surface area (Å²) in [6.07, 6.45) is 11.1. The molecule has 1 aliphatic rings. The second-order valence-electron chi connectivity index (χ2n) is 3.56. The number of benzene rings is 1. The molecule has 3 nitrogen and oxygen atoms in total. The summed E-state index contributed by atoms with van der Waals surface area (Å²) in [4.78, 5) is 10.1. The lowest BCUT2D eigenvalue weighted by molar-refractivity contribution is -0.384. The van der Waals surface area contributed by atoms with E-state index in [0.717, 1.165) is 12.0 Å². The van der Waals surface area contributed by atoms with E-state index < -0.39 is 4.92 Å². The monoisotopic (exact) mass is 213 g/mol. The van der Waals surface area contributed by atoms with Crippen LogP contribution in [0.25, 0.3) is 6.08 Å². The van der Waals surface area contributed by atoms with Gasteiger partial charge in [0.1, 0.15) is 0 Å². The zero-order valence-corrected chi connectivity index (χ0v) is 8.67. The standard InChI is InChI=1S/C13H11NO2/c15-14(16)13-9-7-12(8-10-13)6-5-11-3-1-2-4-11/h1-3,5-10H,4H2/b6-5+. The summed E-state index contributed by atoms with van der Waals surface area (Å²) in [6.45, 7) is 0. The normalized spacial score (nSPS) is 14.4. The van der Waals surface area contributed by atoms with Gasteiger partial charge in [0, 0.05) is 12.1 Å². The van der Waals surface area contributed by atoms with Crippen LogP contribution in [0.4, 0.5) is 5.69 Å². The predicted octanol–water partition coefficient (Wildman–Crippen LogP) is 3.49. The minimum absolute atomic E-state index is 0.124. The van der Waals surface area contributed by atoms with Crippen LogP contribution in [-0.4, -0.2) is 4.92 Å². The summed E-state index contributed by atoms with van der Waals surface area (Å²) in [6, 6.07) is 6.52. The Morgan fingerprint density at radius 3 is 2.50 bits per heavy atom. The first-order valence-corrected chi connectivity index (χ1v) is 5.04. The van der Waals surface area contributed by atoms with Crippen molar-refractivity contribution in [2.24, 2.45) is 0 Å². The van der Waals surface area contributed by atoms with Crippen LogP contribution >= 0.6 is 0 Å². The van der Waals surface area contributed by atoms with Gasteiger partial charge in [0.2, 0.25) is 0 Å². The molecule has 1 aliphatic carbocycles. The maximum absolute atomic E-state index is 10.4. The first kappa shape index (κ1) is 10.4. The third-order valence-electron chi connectivity index (χ3n) is 2.39. The van der Waals surface area contributed by atoms with Crippen molar-refractivity contribution >= 4 is 11.8 Å². The molecular formula is C13H11NO2. The first-order valence-electron chi connectivity index (χ1n) is 5.04. The molecule has 0 N–H and O–H groups in total. The molecule has 16 heavy (non-hydrogen) atoms. The van der Waals surface area contributed by atoms with Gasteiger partial charge in [-0.05, 0) is 29.7 Å². The van der Waals surface area contributed by atoms with E-state index in [1.807, 2.05) is 18.2 Å². The number of hydrogen-bond acceptors (Lipinski definition) is 2. The van der Waals surface area contributed by atoms with E-state index in [1.54, 1.807) is 12.1 Å². The van der Waals surface area contributed by atoms with Gasteiger partial charge in [-0.15, -0.1) is 0 Å². The van der Waals surface area contributed by atoms with Gasteiger partial charge in [-0.2, -0.15) is 0 Å². The highest BCUT2D eigenvalue weighted by Crippen LogP contribution is 2.16. The van der Waals surface area contributed by atoms with Gasteiger partial charge < -0.3 is 0 Å². The molecule has 80 valence electrons. The summed E-state index contributed by atoms with van der Waals surface area (Å²) < 4.78 is 0. The van der Waals surface area contributed by atoms with Gasteiger partial charge in [-0.1, -0.05) is 30.4 Å². The largest absolute Gasteiger partial charge is 0.269 e. The van der Waals surface area contributed by atoms with Crippen molar-refractivity contribution < 1.29 is 4.92 Å². The molecule has 0 saturated carbocycles. The smallest absolute Gasteiger partial charge is 0.258 e. The maximum Gasteiger partial charge on any atom is 0.269 e. The molecule has 0 amide bonds. The fourth-order valence-electron chi connectivity index (χ4n) is 1.50. The number of hydrogen-bond donors (Lipinski definition) is 0. The Morgan fingerprint density at radius 1 is 1.19 bits per heavy atom. The summed E-state index contributed by atoms with van der Waals surface area (Å²) in [5.41, 5.74) is 2.34. The summed E-state index contributed by atoms with van der Waals surface area (Å²) in [5.74, 6) is 0. The van der Waals surface area contributed by atoms with Crippen molar-refractivity contribution in [3.05, 3.63) is 69.8 Å². The molecule has 0 radical (unpaired) electrons. The second kappa shape index (κ2) is 4.57. The van der Waals surface area contributed by atoms with Crippen molar-refractivity contribution in [1.29, 1.82) is 0 Å². The van der Waals surface area contributed by atoms with Crippen LogP contribution < -0.4 is 0 Å². The topological polar surface area (TPSA) is 43.1 Å². The molecule has 1 aromatic rings. The Morgan fingerprint density at radius 2 is 1.94 bits per heavy atom. The highest BCUT2D eigenvalue weighted by atomic mass is 16.6. The van der Waals surface area contributed by atoms with Crippen molar-refractivity contribution in [3.63, 3.8) is 0 Å². The minimum Gasteiger partial charge on any atom is -0.258 e. The number of nitrogens with zero attached hydrogens (tertiary/aromatic N) is 1. The van der Waals surface area contributed by atoms with E-state index in [4.69, 9.17) is 0 Å². The third-order valence-corrected chi connectivity index (χ3v) is 2.39. The second-order valence-corrected chi connectivity index (χ2v) is 3.56. The van der Waals surface area contributed by atoms with Crippen molar-refractivity contribution in [2.45, 2.75) is 6.42 Å². The molecule has 0 atom stereocenters. The quantitative estimate of drug-likeness (QED) is 0.569. The Labute approximate surface area is 93.6 Å². The number of nitro groups is 1. The SMILES string of the molecule is O=[N+]([O-])c1ccc(/C=C/C2=CC=CC2)cc1. The zero-order chi connectivity index (χ0) is 11.4. The molecule has 0 spiro atoms. The van der Waals surface area contributed by atoms with E-state index in [9.17, 15) is 10.1 Å². The van der Waals surface area contributed by atoms with Gasteiger partial charge in [0.05, 0.1) is 4.92 Å². The lowest BCUT2D eigenvalue weighted by atomic mass is 10.1. The van der Waals surface area contributed by atoms with Gasteiger partial charge >= 0.3 is 0 Å². The molecule has 0 unspecified atom stereocenters. The van der Waals surface area contributed by atoms with Gasteiger partial charge in [0.15, 0.2) is 0 Å². The van der Waals surface area contributed by atoms with Crippen LogP contribution in [0.2, 0.25) is 0 Å². The fraction of sp³-hybridized carbons (Fsp3) is 0.0769. The van der Waals surface area contributed by atoms with E-state index >= 15 is 0 Å². The molecule has 0 aliphatic heterocycles. The zero-order valence-electron chi connectivity index (χ0n) is 8.67. The number of rotatable bonds is 3. The summed E-state index contributed by atoms with van der Waals surface area (Å²) in [7, 11) is 0. The number of allylic oxidation sites excluding steroid dienone is 5. The van der Waals surface area contributed by atoms with Gasteiger partial charge in [-0.3, -0.25) is 10.1 Å². The molecule has 0 aromatic heterocycles. The van der Waals surface area contributed by atoms with Crippen LogP contribution in [0.5, 0.6) is 0 Å². The van der Waals surface area contributed by atoms with E-state index in [1.165, 1.54) is 17.7 Å². The summed E-state index contributed by atoms with van der Waals surface area (Å²) in [5, 5.41) is 10.4. The molecule has 3 heteroatoms. The average Bonchev–Trinajstić information content (AvgIpc) is 2.80. The van der Waals surface area contributed by atoms with Crippen molar-refractivity contribution in [2.75, 3.05) is 0 Å². The molecule has 0 saturated heterocycles. The van der Waals surface area contributed by atoms with Gasteiger partial charge in [0.25, 0.3) is 5.69 Å². The lowest BCUT2D eigenvalue weighted by Crippen LogP contribution is -1.86. The van der Waals surface area contributed by atoms with Crippen molar-refractivity contribution in [1.82, 2.24) is 0 Å². The Hall–Kier alpha value is -2.16. The molecular weight excluding hydrogens is 202 g/mol. The molecule has 0 heterocycles. The van der Waals surface area contributed by atoms with Crippen LogP contribution in [0.15, 0.2) is 54.1 Å². The van der Waals surface area contributed by atoms with E-state index in [-0.39, 0.29) is 5.69 Å². The van der Waals surface area contributed by atoms with E-state index in [0.29, 0.717) is 0 Å². The molecule has 2 rings (SSSR count). The average molecular weight is 213 g/mol. The van der Waals surface area contributed by atoms with Crippen LogP contribution in [0, 0.1) is 10.1 Å². The molecule has 1 aromatic carbocycles. The Kier molecular flexibility index (Phi) is 2.96. The van der Waals surface area contributed by atoms with Crippen LogP contribution in [0.1, 0.15) is 12.0 Å². The highest BCUT2D eigenvalue weighted by molar-refractivity contribution is 5.55. The summed E-state index contributed by atoms with van der Waals surface area (Å²) >= 11 is 0. The number of non-ortho nitro benzene ring substituents is 1. The maximum atomic E-state index is 10.4. The first-order chi connectivity index (χ1) is 7.75. The Balaban J connectivity index is 2.08. The third kappa shape index (κ3) is 2.45. The lowest BCUT2D eigenvalue weighted by Gasteiger charge is -1.94. The Bertz CT molecular complexity index is 481. The number of nitro benzene ring substituents is 1. The molecule has 0 fully saturated rings. The van der Waals surface area contributed by atoms with Gasteiger partial charge in [-0.25, -0.2) is 0 Å². The van der Waals surface area contributed by atoms with E-state index in [2.05, 4.69) is 12.2 Å². The molecule has 0 bridgehead atoms. The van der Waals surface area contributed by atoms with Crippen LogP contribution in [-0.2, 0) is 0 Å².